The second-order valence-electron chi connectivity index (χ2n) is 9.61. The van der Waals surface area contributed by atoms with Gasteiger partial charge in [-0.15, -0.1) is 0 Å². The fourth-order valence-corrected chi connectivity index (χ4v) is 5.22. The molecule has 0 aliphatic rings. The van der Waals surface area contributed by atoms with Crippen LogP contribution in [0.4, 0.5) is 11.4 Å². The molecule has 0 bridgehead atoms. The highest BCUT2D eigenvalue weighted by Crippen LogP contribution is 2.39. The van der Waals surface area contributed by atoms with Gasteiger partial charge < -0.3 is 24.8 Å². The van der Waals surface area contributed by atoms with Crippen LogP contribution < -0.4 is 30.4 Å². The zero-order valence-corrected chi connectivity index (χ0v) is 22.8. The number of hydrogen-bond donors (Lipinski definition) is 2. The van der Waals surface area contributed by atoms with Crippen LogP contribution in [0.1, 0.15) is 13.8 Å². The Balaban J connectivity index is 1.37. The summed E-state index contributed by atoms with van der Waals surface area (Å²) in [6.07, 6.45) is 0.893. The summed E-state index contributed by atoms with van der Waals surface area (Å²) in [5.41, 5.74) is 2.99. The van der Waals surface area contributed by atoms with Crippen molar-refractivity contribution in [3.63, 3.8) is 0 Å². The van der Waals surface area contributed by atoms with Gasteiger partial charge in [-0.1, -0.05) is 0 Å². The van der Waals surface area contributed by atoms with Crippen LogP contribution in [0.2, 0.25) is 0 Å². The molecule has 0 spiro atoms. The third-order valence-corrected chi connectivity index (χ3v) is 7.02. The minimum atomic E-state index is -0.814. The number of fused-ring (bicyclic) bond motifs is 5. The third-order valence-electron chi connectivity index (χ3n) is 7.02. The van der Waals surface area contributed by atoms with Crippen molar-refractivity contribution in [2.75, 3.05) is 24.9 Å². The van der Waals surface area contributed by atoms with Gasteiger partial charge in [0.25, 0.3) is 11.5 Å². The van der Waals surface area contributed by atoms with Gasteiger partial charge in [-0.2, -0.15) is 0 Å². The van der Waals surface area contributed by atoms with Gasteiger partial charge in [0.1, 0.15) is 5.75 Å². The van der Waals surface area contributed by atoms with Crippen molar-refractivity contribution in [2.24, 2.45) is 0 Å². The fraction of sp³-hybridized carbons (Fsp3) is 0.161. The first-order valence-corrected chi connectivity index (χ1v) is 12.9. The van der Waals surface area contributed by atoms with Crippen LogP contribution >= 0.6 is 0 Å². The summed E-state index contributed by atoms with van der Waals surface area (Å²) in [7, 11) is 3.03. The van der Waals surface area contributed by atoms with Crippen molar-refractivity contribution in [1.29, 1.82) is 0 Å². The highest BCUT2D eigenvalue weighted by molar-refractivity contribution is 6.19. The zero-order valence-electron chi connectivity index (χ0n) is 22.8. The zero-order chi connectivity index (χ0) is 28.8. The number of ether oxygens (including phenoxy) is 3. The van der Waals surface area contributed by atoms with Crippen LogP contribution in [-0.2, 0) is 9.59 Å². The summed E-state index contributed by atoms with van der Waals surface area (Å²) in [5.74, 6) is 0.772. The molecule has 0 radical (unpaired) electrons. The van der Waals surface area contributed by atoms with Crippen LogP contribution in [0.5, 0.6) is 17.2 Å². The molecule has 1 atom stereocenters. The van der Waals surface area contributed by atoms with E-state index in [1.165, 1.54) is 21.1 Å². The summed E-state index contributed by atoms with van der Waals surface area (Å²) < 4.78 is 18.7. The van der Waals surface area contributed by atoms with Gasteiger partial charge in [-0.25, -0.2) is 0 Å². The number of methoxy groups -OCH3 is 2. The summed E-state index contributed by atoms with van der Waals surface area (Å²) >= 11 is 0. The van der Waals surface area contributed by atoms with Crippen LogP contribution in [0, 0.1) is 0 Å². The number of carbonyl (C=O) groups is 2. The molecule has 2 amide bonds. The first kappa shape index (κ1) is 25.9. The van der Waals surface area contributed by atoms with E-state index < -0.39 is 6.10 Å². The topological polar surface area (TPSA) is 120 Å². The van der Waals surface area contributed by atoms with Crippen molar-refractivity contribution >= 4 is 61.3 Å². The summed E-state index contributed by atoms with van der Waals surface area (Å²) in [4.78, 5) is 42.6. The molecule has 10 heteroatoms. The van der Waals surface area contributed by atoms with Crippen LogP contribution in [-0.4, -0.2) is 41.5 Å². The predicted molar refractivity (Wildman–Crippen MR) is 158 cm³/mol. The van der Waals surface area contributed by atoms with E-state index in [1.54, 1.807) is 60.0 Å². The number of benzene rings is 3. The predicted octanol–water partition coefficient (Wildman–Crippen LogP) is 4.97. The van der Waals surface area contributed by atoms with Gasteiger partial charge in [-0.05, 0) is 67.6 Å². The van der Waals surface area contributed by atoms with E-state index >= 15 is 0 Å². The number of rotatable bonds is 7. The molecule has 6 rings (SSSR count). The molecule has 0 aliphatic heterocycles. The summed E-state index contributed by atoms with van der Waals surface area (Å²) in [5, 5.41) is 8.17. The normalized spacial score (nSPS) is 12.1. The Morgan fingerprint density at radius 1 is 0.878 bits per heavy atom. The van der Waals surface area contributed by atoms with Gasteiger partial charge in [0.05, 0.1) is 36.2 Å². The quantitative estimate of drug-likeness (QED) is 0.269. The Morgan fingerprint density at radius 3 is 2.29 bits per heavy atom. The number of carbonyl (C=O) groups excluding carboxylic acids is 2. The Bertz CT molecular complexity index is 2030. The summed E-state index contributed by atoms with van der Waals surface area (Å²) in [6, 6.07) is 17.6. The largest absolute Gasteiger partial charge is 0.493 e. The van der Waals surface area contributed by atoms with Crippen molar-refractivity contribution in [3.8, 4) is 17.2 Å². The SMILES string of the molecule is COc1ccc2c(c1OC)c(=O)n1c3ccc(O[C@@H](C)C(=O)Nc4ccc(NC(C)=O)cc4)cc3c3ccnc2c31. The lowest BCUT2D eigenvalue weighted by molar-refractivity contribution is -0.122. The van der Waals surface area contributed by atoms with Crippen molar-refractivity contribution < 1.29 is 23.8 Å². The smallest absolute Gasteiger partial charge is 0.267 e. The van der Waals surface area contributed by atoms with E-state index in [0.29, 0.717) is 55.9 Å². The van der Waals surface area contributed by atoms with E-state index in [4.69, 9.17) is 14.2 Å². The minimum absolute atomic E-state index is 0.174. The molecule has 0 saturated heterocycles. The number of amides is 2. The van der Waals surface area contributed by atoms with Gasteiger partial charge in [0, 0.05) is 40.7 Å². The van der Waals surface area contributed by atoms with Gasteiger partial charge in [0.2, 0.25) is 5.91 Å². The van der Waals surface area contributed by atoms with Crippen LogP contribution in [0.3, 0.4) is 0 Å². The monoisotopic (exact) mass is 550 g/mol. The average molecular weight is 551 g/mol. The van der Waals surface area contributed by atoms with E-state index in [2.05, 4.69) is 15.6 Å². The number of anilines is 2. The fourth-order valence-electron chi connectivity index (χ4n) is 5.22. The first-order chi connectivity index (χ1) is 19.8. The maximum Gasteiger partial charge on any atom is 0.267 e. The Morgan fingerprint density at radius 2 is 1.61 bits per heavy atom. The first-order valence-electron chi connectivity index (χ1n) is 12.9. The number of hydrogen-bond acceptors (Lipinski definition) is 7. The molecular weight excluding hydrogens is 524 g/mol. The second kappa shape index (κ2) is 9.98. The number of nitrogens with one attached hydrogen (secondary N) is 2. The highest BCUT2D eigenvalue weighted by atomic mass is 16.5. The molecule has 206 valence electrons. The molecular formula is C31H26N4O6. The molecule has 10 nitrogen and oxygen atoms in total. The van der Waals surface area contributed by atoms with E-state index in [9.17, 15) is 14.4 Å². The lowest BCUT2D eigenvalue weighted by Gasteiger charge is -2.15. The standard InChI is InChI=1S/C31H26N4O6/c1-16(30(37)34-19-7-5-18(6-8-19)33-17(2)36)41-20-9-11-24-23(15-20)21-13-14-32-27-22-10-12-25(39-3)29(40-4)26(22)31(38)35(24)28(21)27/h5-16H,1-4H3,(H,33,36)(H,34,37)/t16-/m0/s1. The minimum Gasteiger partial charge on any atom is -0.493 e. The number of pyridine rings is 2. The Hall–Kier alpha value is -5.38. The summed E-state index contributed by atoms with van der Waals surface area (Å²) in [6.45, 7) is 3.09. The lowest BCUT2D eigenvalue weighted by Crippen LogP contribution is -2.30. The molecule has 2 N–H and O–H groups in total. The van der Waals surface area contributed by atoms with Crippen molar-refractivity contribution in [2.45, 2.75) is 20.0 Å². The average Bonchev–Trinajstić information content (AvgIpc) is 3.30. The molecule has 3 aromatic heterocycles. The van der Waals surface area contributed by atoms with E-state index in [-0.39, 0.29) is 17.4 Å². The molecule has 0 unspecified atom stereocenters. The molecule has 0 aliphatic carbocycles. The Labute approximate surface area is 233 Å². The molecule has 3 heterocycles. The highest BCUT2D eigenvalue weighted by Gasteiger charge is 2.23. The van der Waals surface area contributed by atoms with Gasteiger partial charge in [-0.3, -0.25) is 23.8 Å². The molecule has 41 heavy (non-hydrogen) atoms. The van der Waals surface area contributed by atoms with Crippen LogP contribution in [0.15, 0.2) is 71.7 Å². The molecule has 3 aromatic carbocycles. The third kappa shape index (κ3) is 4.29. The molecule has 6 aromatic rings. The number of aromatic nitrogens is 2. The lowest BCUT2D eigenvalue weighted by atomic mass is 10.1. The van der Waals surface area contributed by atoms with Crippen LogP contribution in [0.25, 0.3) is 38.1 Å². The maximum absolute atomic E-state index is 13.9. The maximum atomic E-state index is 13.9. The van der Waals surface area contributed by atoms with E-state index in [0.717, 1.165) is 10.8 Å². The molecule has 0 saturated carbocycles. The van der Waals surface area contributed by atoms with Gasteiger partial charge >= 0.3 is 0 Å². The van der Waals surface area contributed by atoms with Gasteiger partial charge in [0.15, 0.2) is 17.6 Å². The van der Waals surface area contributed by atoms with Crippen molar-refractivity contribution in [3.05, 3.63) is 77.2 Å². The van der Waals surface area contributed by atoms with E-state index in [1.807, 2.05) is 18.2 Å². The molecule has 0 fully saturated rings. The second-order valence-corrected chi connectivity index (χ2v) is 9.61. The van der Waals surface area contributed by atoms with Crippen molar-refractivity contribution in [1.82, 2.24) is 9.38 Å². The number of nitrogens with zero attached hydrogens (tertiary/aromatic N) is 2. The Kier molecular flexibility index (Phi) is 6.30.